The fraction of sp³-hybridized carbons (Fsp3) is 0.333. The lowest BCUT2D eigenvalue weighted by molar-refractivity contribution is 0.0773. The molecule has 0 radical (unpaired) electrons. The Kier molecular flexibility index (Phi) is 5.42. The van der Waals surface area contributed by atoms with Gasteiger partial charge in [-0.3, -0.25) is 4.79 Å². The van der Waals surface area contributed by atoms with E-state index < -0.39 is 0 Å². The predicted octanol–water partition coefficient (Wildman–Crippen LogP) is 4.02. The SMILES string of the molecule is Cl.NC1CCC2CN(C(=O)c3cc(-c4ccco4)n(-c4cccc(Cl)c4)n3)CC12. The highest BCUT2D eigenvalue weighted by atomic mass is 35.5. The fourth-order valence-electron chi connectivity index (χ4n) is 4.53. The summed E-state index contributed by atoms with van der Waals surface area (Å²) in [6.07, 6.45) is 3.77. The van der Waals surface area contributed by atoms with E-state index in [1.54, 1.807) is 23.1 Å². The van der Waals surface area contributed by atoms with Gasteiger partial charge in [0.2, 0.25) is 0 Å². The molecule has 1 amide bonds. The second-order valence-corrected chi connectivity index (χ2v) is 8.10. The maximum atomic E-state index is 13.2. The number of carbonyl (C=O) groups excluding carboxylic acids is 1. The second-order valence-electron chi connectivity index (χ2n) is 7.66. The summed E-state index contributed by atoms with van der Waals surface area (Å²) in [4.78, 5) is 15.1. The molecule has 1 saturated heterocycles. The first-order valence-corrected chi connectivity index (χ1v) is 9.92. The highest BCUT2D eigenvalue weighted by molar-refractivity contribution is 6.30. The van der Waals surface area contributed by atoms with Gasteiger partial charge in [0, 0.05) is 30.2 Å². The normalized spacial score (nSPS) is 23.1. The molecule has 2 N–H and O–H groups in total. The Balaban J connectivity index is 0.00000205. The molecular formula is C21H22Cl2N4O2. The minimum absolute atomic E-state index is 0. The molecule has 1 aromatic carbocycles. The van der Waals surface area contributed by atoms with Crippen LogP contribution >= 0.6 is 24.0 Å². The van der Waals surface area contributed by atoms with Gasteiger partial charge >= 0.3 is 0 Å². The predicted molar refractivity (Wildman–Crippen MR) is 114 cm³/mol. The van der Waals surface area contributed by atoms with Crippen LogP contribution in [-0.2, 0) is 0 Å². The zero-order chi connectivity index (χ0) is 19.3. The molecule has 3 heterocycles. The van der Waals surface area contributed by atoms with E-state index in [1.165, 1.54) is 0 Å². The number of rotatable bonds is 3. The van der Waals surface area contributed by atoms with Gasteiger partial charge in [-0.25, -0.2) is 4.68 Å². The molecule has 1 aliphatic carbocycles. The Morgan fingerprint density at radius 1 is 1.17 bits per heavy atom. The molecule has 2 aliphatic rings. The van der Waals surface area contributed by atoms with Crippen molar-refractivity contribution in [3.8, 4) is 17.1 Å². The minimum Gasteiger partial charge on any atom is -0.463 e. The molecule has 152 valence electrons. The summed E-state index contributed by atoms with van der Waals surface area (Å²) in [5.74, 6) is 1.50. The van der Waals surface area contributed by atoms with Crippen molar-refractivity contribution in [1.82, 2.24) is 14.7 Å². The molecule has 29 heavy (non-hydrogen) atoms. The van der Waals surface area contributed by atoms with E-state index in [9.17, 15) is 4.79 Å². The first-order valence-electron chi connectivity index (χ1n) is 9.55. The number of likely N-dealkylation sites (tertiary alicyclic amines) is 1. The lowest BCUT2D eigenvalue weighted by Gasteiger charge is -2.17. The van der Waals surface area contributed by atoms with Crippen LogP contribution in [0.5, 0.6) is 0 Å². The molecule has 5 rings (SSSR count). The average Bonchev–Trinajstić information content (AvgIpc) is 3.46. The summed E-state index contributed by atoms with van der Waals surface area (Å²) in [5.41, 5.74) is 8.11. The van der Waals surface area contributed by atoms with Crippen molar-refractivity contribution in [1.29, 1.82) is 0 Å². The Morgan fingerprint density at radius 2 is 2.03 bits per heavy atom. The second kappa shape index (κ2) is 7.86. The van der Waals surface area contributed by atoms with Crippen LogP contribution in [0.3, 0.4) is 0 Å². The van der Waals surface area contributed by atoms with Crippen LogP contribution < -0.4 is 5.73 Å². The first kappa shape index (κ1) is 20.0. The molecular weight excluding hydrogens is 411 g/mol. The molecule has 3 unspecified atom stereocenters. The zero-order valence-electron chi connectivity index (χ0n) is 15.7. The van der Waals surface area contributed by atoms with Crippen molar-refractivity contribution in [2.45, 2.75) is 18.9 Å². The summed E-state index contributed by atoms with van der Waals surface area (Å²) >= 11 is 6.16. The molecule has 0 spiro atoms. The highest BCUT2D eigenvalue weighted by Crippen LogP contribution is 2.38. The minimum atomic E-state index is -0.0600. The van der Waals surface area contributed by atoms with E-state index in [1.807, 2.05) is 35.2 Å². The van der Waals surface area contributed by atoms with E-state index in [2.05, 4.69) is 5.10 Å². The van der Waals surface area contributed by atoms with Crippen LogP contribution in [0.1, 0.15) is 23.3 Å². The number of hydrogen-bond acceptors (Lipinski definition) is 4. The Labute approximate surface area is 180 Å². The standard InChI is InChI=1S/C21H21ClN4O2.ClH/c22-14-3-1-4-15(9-14)26-19(20-5-2-8-28-20)10-18(24-26)21(27)25-11-13-6-7-17(23)16(13)12-25;/h1-5,8-10,13,16-17H,6-7,11-12,23H2;1H. The van der Waals surface area contributed by atoms with Gasteiger partial charge in [-0.1, -0.05) is 17.7 Å². The lowest BCUT2D eigenvalue weighted by atomic mass is 9.98. The van der Waals surface area contributed by atoms with Crippen LogP contribution in [0.2, 0.25) is 5.02 Å². The third-order valence-electron chi connectivity index (χ3n) is 5.95. The molecule has 2 fully saturated rings. The van der Waals surface area contributed by atoms with Gasteiger partial charge in [0.25, 0.3) is 5.91 Å². The van der Waals surface area contributed by atoms with Crippen LogP contribution in [0, 0.1) is 11.8 Å². The van der Waals surface area contributed by atoms with Gasteiger partial charge in [-0.2, -0.15) is 5.10 Å². The molecule has 6 nitrogen and oxygen atoms in total. The number of hydrogen-bond donors (Lipinski definition) is 1. The number of nitrogens with two attached hydrogens (primary N) is 1. The Morgan fingerprint density at radius 3 is 2.76 bits per heavy atom. The number of furan rings is 1. The molecule has 3 atom stereocenters. The first-order chi connectivity index (χ1) is 13.6. The summed E-state index contributed by atoms with van der Waals surface area (Å²) < 4.78 is 7.28. The molecule has 1 aliphatic heterocycles. The quantitative estimate of drug-likeness (QED) is 0.677. The fourth-order valence-corrected chi connectivity index (χ4v) is 4.71. The number of fused-ring (bicyclic) bond motifs is 1. The number of amides is 1. The van der Waals surface area contributed by atoms with E-state index in [-0.39, 0.29) is 24.4 Å². The van der Waals surface area contributed by atoms with E-state index >= 15 is 0 Å². The summed E-state index contributed by atoms with van der Waals surface area (Å²) in [5, 5.41) is 5.21. The maximum absolute atomic E-state index is 13.2. The van der Waals surface area contributed by atoms with Crippen molar-refractivity contribution in [2.75, 3.05) is 13.1 Å². The van der Waals surface area contributed by atoms with Crippen LogP contribution in [0.4, 0.5) is 0 Å². The van der Waals surface area contributed by atoms with Gasteiger partial charge in [0.15, 0.2) is 11.5 Å². The van der Waals surface area contributed by atoms with Crippen LogP contribution in [0.15, 0.2) is 53.1 Å². The van der Waals surface area contributed by atoms with E-state index in [4.69, 9.17) is 21.8 Å². The van der Waals surface area contributed by atoms with Gasteiger partial charge in [-0.15, -0.1) is 12.4 Å². The smallest absolute Gasteiger partial charge is 0.274 e. The van der Waals surface area contributed by atoms with E-state index in [0.717, 1.165) is 25.1 Å². The Bertz CT molecular complexity index is 1020. The van der Waals surface area contributed by atoms with Crippen LogP contribution in [-0.4, -0.2) is 39.7 Å². The largest absolute Gasteiger partial charge is 0.463 e. The molecule has 1 saturated carbocycles. The van der Waals surface area contributed by atoms with Crippen molar-refractivity contribution in [3.63, 3.8) is 0 Å². The summed E-state index contributed by atoms with van der Waals surface area (Å²) in [6.45, 7) is 1.47. The van der Waals surface area contributed by atoms with Crippen LogP contribution in [0.25, 0.3) is 17.1 Å². The highest BCUT2D eigenvalue weighted by Gasteiger charge is 2.43. The molecule has 3 aromatic rings. The van der Waals surface area contributed by atoms with Crippen molar-refractivity contribution in [3.05, 3.63) is 59.4 Å². The number of halogens is 2. The van der Waals surface area contributed by atoms with Crippen molar-refractivity contribution < 1.29 is 9.21 Å². The number of aromatic nitrogens is 2. The number of benzene rings is 1. The van der Waals surface area contributed by atoms with E-state index in [0.29, 0.717) is 40.6 Å². The molecule has 0 bridgehead atoms. The van der Waals surface area contributed by atoms with Gasteiger partial charge < -0.3 is 15.1 Å². The van der Waals surface area contributed by atoms with Gasteiger partial charge in [-0.05, 0) is 55.0 Å². The van der Waals surface area contributed by atoms with Gasteiger partial charge in [0.05, 0.1) is 12.0 Å². The zero-order valence-corrected chi connectivity index (χ0v) is 17.3. The molecule has 8 heteroatoms. The lowest BCUT2D eigenvalue weighted by Crippen LogP contribution is -2.33. The van der Waals surface area contributed by atoms with Crippen molar-refractivity contribution >= 4 is 29.9 Å². The molecule has 2 aromatic heterocycles. The summed E-state index contributed by atoms with van der Waals surface area (Å²) in [7, 11) is 0. The number of nitrogens with zero attached hydrogens (tertiary/aromatic N) is 3. The van der Waals surface area contributed by atoms with Gasteiger partial charge in [0.1, 0.15) is 5.69 Å². The maximum Gasteiger partial charge on any atom is 0.274 e. The summed E-state index contributed by atoms with van der Waals surface area (Å²) in [6, 6.07) is 13.0. The Hall–Kier alpha value is -2.28. The average molecular weight is 433 g/mol. The van der Waals surface area contributed by atoms with Crippen molar-refractivity contribution in [2.24, 2.45) is 17.6 Å². The topological polar surface area (TPSA) is 77.3 Å². The monoisotopic (exact) mass is 432 g/mol. The third kappa shape index (κ3) is 3.56. The number of carbonyl (C=O) groups is 1. The third-order valence-corrected chi connectivity index (χ3v) is 6.19.